The molecule has 0 amide bonds. The van der Waals surface area contributed by atoms with Crippen LogP contribution in [-0.2, 0) is 0 Å². The number of hydrogen-bond acceptors (Lipinski definition) is 0. The fourth-order valence-corrected chi connectivity index (χ4v) is 0.677. The van der Waals surface area contributed by atoms with Crippen molar-refractivity contribution in [3.8, 4) is 0 Å². The predicted octanol–water partition coefficient (Wildman–Crippen LogP) is 2.87. The zero-order chi connectivity index (χ0) is 8.10. The minimum absolute atomic E-state index is 0.438. The summed E-state index contributed by atoms with van der Waals surface area (Å²) in [6.07, 6.45) is 1.75. The summed E-state index contributed by atoms with van der Waals surface area (Å²) in [5, 5.41) is 0. The molecule has 0 nitrogen and oxygen atoms in total. The minimum Gasteiger partial charge on any atom is -0.125 e. The third kappa shape index (κ3) is 1.93. The van der Waals surface area contributed by atoms with Gasteiger partial charge in [0.05, 0.1) is 1.37 Å². The molecule has 1 aromatic rings. The highest BCUT2D eigenvalue weighted by molar-refractivity contribution is 5.47. The Morgan fingerprint density at radius 1 is 1.40 bits per heavy atom. The number of allylic oxidation sites excluding steroid dienone is 1. The fourth-order valence-electron chi connectivity index (χ4n) is 0.677. The first kappa shape index (κ1) is 5.52. The van der Waals surface area contributed by atoms with Gasteiger partial charge in [-0.1, -0.05) is 30.3 Å². The maximum absolute atomic E-state index is 7.49. The van der Waals surface area contributed by atoms with Crippen molar-refractivity contribution in [3.63, 3.8) is 0 Å². The van der Waals surface area contributed by atoms with E-state index in [4.69, 9.17) is 1.37 Å². The van der Waals surface area contributed by atoms with E-state index in [2.05, 4.69) is 5.73 Å². The zero-order valence-electron chi connectivity index (χ0n) is 6.96. The average molecular weight is 131 g/mol. The Bertz CT molecular complexity index is 279. The van der Waals surface area contributed by atoms with Gasteiger partial charge in [-0.2, -0.15) is 0 Å². The lowest BCUT2D eigenvalue weighted by atomic mass is 10.2. The van der Waals surface area contributed by atoms with Gasteiger partial charge in [-0.15, -0.1) is 5.73 Å². The molecule has 0 aliphatic rings. The second-order valence-electron chi connectivity index (χ2n) is 1.92. The topological polar surface area (TPSA) is 0 Å². The molecule has 0 spiro atoms. The Morgan fingerprint density at radius 2 is 2.10 bits per heavy atom. The van der Waals surface area contributed by atoms with E-state index < -0.39 is 0 Å². The Balaban J connectivity index is 3.04. The maximum Gasteiger partial charge on any atom is 0.0720 e. The summed E-state index contributed by atoms with van der Waals surface area (Å²) in [5.41, 5.74) is 3.73. The van der Waals surface area contributed by atoms with Gasteiger partial charge in [-0.3, -0.25) is 0 Å². The molecule has 0 aromatic heterocycles. The van der Waals surface area contributed by atoms with Gasteiger partial charge in [0.25, 0.3) is 0 Å². The molecule has 0 saturated carbocycles. The highest BCUT2D eigenvalue weighted by Crippen LogP contribution is 1.98. The summed E-state index contributed by atoms with van der Waals surface area (Å²) in [6, 6.07) is 10.0. The van der Waals surface area contributed by atoms with Crippen LogP contribution in [0.15, 0.2) is 42.1 Å². The lowest BCUT2D eigenvalue weighted by Gasteiger charge is -1.85. The lowest BCUT2D eigenvalue weighted by molar-refractivity contribution is 1.66. The van der Waals surface area contributed by atoms with Gasteiger partial charge in [-0.25, -0.2) is 0 Å². The highest BCUT2D eigenvalue weighted by Gasteiger charge is 1.77. The largest absolute Gasteiger partial charge is 0.125 e. The van der Waals surface area contributed by atoms with Gasteiger partial charge in [-0.05, 0) is 24.6 Å². The van der Waals surface area contributed by atoms with Gasteiger partial charge in [0.1, 0.15) is 0 Å². The summed E-state index contributed by atoms with van der Waals surface area (Å²) in [7, 11) is 0. The van der Waals surface area contributed by atoms with E-state index >= 15 is 0 Å². The summed E-state index contributed by atoms with van der Waals surface area (Å²) in [6.45, 7) is 1.86. The molecular formula is C10H10. The molecular weight excluding hydrogens is 120 g/mol. The van der Waals surface area contributed by atoms with E-state index in [9.17, 15) is 0 Å². The smallest absolute Gasteiger partial charge is 0.0720 e. The van der Waals surface area contributed by atoms with E-state index in [0.29, 0.717) is 6.05 Å². The summed E-state index contributed by atoms with van der Waals surface area (Å²) in [5.74, 6) is 0. The monoisotopic (exact) mass is 131 g/mol. The standard InChI is InChI=1S/C10H10/c1-2-3-7-10-8-5-4-6-9-10/h2,4-9H,1H3/i7D. The van der Waals surface area contributed by atoms with Crippen LogP contribution in [0.3, 0.4) is 0 Å². The zero-order valence-corrected chi connectivity index (χ0v) is 5.96. The van der Waals surface area contributed by atoms with Gasteiger partial charge in [0.2, 0.25) is 0 Å². The van der Waals surface area contributed by atoms with E-state index in [1.165, 1.54) is 0 Å². The molecule has 50 valence electrons. The van der Waals surface area contributed by atoms with Gasteiger partial charge in [0, 0.05) is 0 Å². The van der Waals surface area contributed by atoms with Crippen LogP contribution < -0.4 is 0 Å². The minimum atomic E-state index is 0.438. The summed E-state index contributed by atoms with van der Waals surface area (Å²) in [4.78, 5) is 0. The molecule has 0 radical (unpaired) electrons. The van der Waals surface area contributed by atoms with Crippen LogP contribution in [0.5, 0.6) is 0 Å². The predicted molar refractivity (Wildman–Crippen MR) is 44.7 cm³/mol. The van der Waals surface area contributed by atoms with Crippen LogP contribution in [0.2, 0.25) is 0 Å². The van der Waals surface area contributed by atoms with E-state index in [-0.39, 0.29) is 0 Å². The van der Waals surface area contributed by atoms with Crippen LogP contribution in [0.1, 0.15) is 13.9 Å². The molecule has 0 unspecified atom stereocenters. The van der Waals surface area contributed by atoms with Gasteiger partial charge >= 0.3 is 0 Å². The Morgan fingerprint density at radius 3 is 2.70 bits per heavy atom. The van der Waals surface area contributed by atoms with Crippen LogP contribution >= 0.6 is 0 Å². The van der Waals surface area contributed by atoms with Crippen molar-refractivity contribution in [3.05, 3.63) is 47.7 Å². The van der Waals surface area contributed by atoms with E-state index in [0.717, 1.165) is 5.56 Å². The first-order chi connectivity index (χ1) is 5.34. The second-order valence-corrected chi connectivity index (χ2v) is 1.92. The first-order valence-corrected chi connectivity index (χ1v) is 3.28. The van der Waals surface area contributed by atoms with Crippen molar-refractivity contribution < 1.29 is 1.37 Å². The molecule has 0 atom stereocenters. The first-order valence-electron chi connectivity index (χ1n) is 3.78. The van der Waals surface area contributed by atoms with Gasteiger partial charge in [0.15, 0.2) is 0 Å². The van der Waals surface area contributed by atoms with Crippen LogP contribution in [0.25, 0.3) is 6.05 Å². The highest BCUT2D eigenvalue weighted by atomic mass is 13.8. The normalized spacial score (nSPS) is 9.50. The number of rotatable bonds is 1. The van der Waals surface area contributed by atoms with Crippen LogP contribution in [0.4, 0.5) is 0 Å². The number of benzene rings is 1. The van der Waals surface area contributed by atoms with Crippen molar-refractivity contribution in [2.24, 2.45) is 0 Å². The molecule has 0 saturated heterocycles. The Hall–Kier alpha value is -1.26. The molecule has 0 heteroatoms. The van der Waals surface area contributed by atoms with Gasteiger partial charge < -0.3 is 0 Å². The third-order valence-corrected chi connectivity index (χ3v) is 1.13. The summed E-state index contributed by atoms with van der Waals surface area (Å²) >= 11 is 0. The Labute approximate surface area is 62.9 Å². The lowest BCUT2D eigenvalue weighted by Crippen LogP contribution is -1.64. The molecule has 1 aromatic carbocycles. The maximum atomic E-state index is 7.49. The molecule has 1 rings (SSSR count). The van der Waals surface area contributed by atoms with Crippen LogP contribution in [0, 0.1) is 0 Å². The van der Waals surface area contributed by atoms with Crippen molar-refractivity contribution in [2.75, 3.05) is 0 Å². The van der Waals surface area contributed by atoms with Crippen molar-refractivity contribution >= 4 is 6.05 Å². The second kappa shape index (κ2) is 3.71. The molecule has 10 heavy (non-hydrogen) atoms. The molecule has 0 bridgehead atoms. The summed E-state index contributed by atoms with van der Waals surface area (Å²) < 4.78 is 7.49. The third-order valence-electron chi connectivity index (χ3n) is 1.13. The molecule has 0 aliphatic carbocycles. The molecule has 0 aliphatic heterocycles. The van der Waals surface area contributed by atoms with Crippen molar-refractivity contribution in [1.82, 2.24) is 0 Å². The van der Waals surface area contributed by atoms with Crippen molar-refractivity contribution in [2.45, 2.75) is 6.92 Å². The number of hydrogen-bond donors (Lipinski definition) is 0. The van der Waals surface area contributed by atoms with Crippen LogP contribution in [-0.4, -0.2) is 0 Å². The Kier molecular flexibility index (Phi) is 2.05. The SMILES string of the molecule is [2H]C(=C=CC)c1ccccc1. The fraction of sp³-hybridized carbons (Fsp3) is 0.100. The average Bonchev–Trinajstić information content (AvgIpc) is 2.07. The molecule has 0 N–H and O–H groups in total. The quantitative estimate of drug-likeness (QED) is 0.514. The molecule has 0 heterocycles. The van der Waals surface area contributed by atoms with E-state index in [1.54, 1.807) is 6.08 Å². The molecule has 0 fully saturated rings. The van der Waals surface area contributed by atoms with Crippen molar-refractivity contribution in [1.29, 1.82) is 0 Å². The van der Waals surface area contributed by atoms with E-state index in [1.807, 2.05) is 37.3 Å².